The van der Waals surface area contributed by atoms with Crippen LogP contribution < -0.4 is 5.32 Å². The summed E-state index contributed by atoms with van der Waals surface area (Å²) in [5, 5.41) is 20.0. The first kappa shape index (κ1) is 12.9. The molecule has 1 atom stereocenters. The molecule has 0 saturated carbocycles. The van der Waals surface area contributed by atoms with E-state index in [-0.39, 0.29) is 6.01 Å². The second-order valence-corrected chi connectivity index (χ2v) is 4.08. The Balaban J connectivity index is 2.26. The second kappa shape index (κ2) is 4.97. The molecule has 0 spiro atoms. The molecule has 7 nitrogen and oxygen atoms in total. The van der Waals surface area contributed by atoms with E-state index < -0.39 is 24.4 Å². The highest BCUT2D eigenvalue weighted by molar-refractivity contribution is 5.83. The van der Waals surface area contributed by atoms with E-state index in [0.29, 0.717) is 11.1 Å². The van der Waals surface area contributed by atoms with Gasteiger partial charge in [-0.1, -0.05) is 12.1 Å². The predicted molar refractivity (Wildman–Crippen MR) is 66.0 cm³/mol. The van der Waals surface area contributed by atoms with E-state index in [2.05, 4.69) is 10.3 Å². The number of hydrogen-bond acceptors (Lipinski definition) is 5. The number of anilines is 1. The molecule has 3 N–H and O–H groups in total. The van der Waals surface area contributed by atoms with Crippen LogP contribution in [0.3, 0.4) is 0 Å². The van der Waals surface area contributed by atoms with Gasteiger partial charge < -0.3 is 19.9 Å². The SMILES string of the molecule is Cc1cccc2nc(N[C@H](CC(=O)O)C(=O)O)oc12. The standard InChI is InChI=1S/C12H12N2O5/c1-6-3-2-4-7-10(6)19-12(13-7)14-8(11(17)18)5-9(15)16/h2-4,8H,5H2,1H3,(H,13,14)(H,15,16)(H,17,18)/t8-/m1/s1. The molecule has 0 aliphatic carbocycles. The maximum atomic E-state index is 10.9. The van der Waals surface area contributed by atoms with Crippen molar-refractivity contribution < 1.29 is 24.2 Å². The minimum Gasteiger partial charge on any atom is -0.481 e. The van der Waals surface area contributed by atoms with Crippen molar-refractivity contribution in [3.05, 3.63) is 23.8 Å². The van der Waals surface area contributed by atoms with Crippen LogP contribution in [0.4, 0.5) is 6.01 Å². The Hall–Kier alpha value is -2.57. The molecule has 100 valence electrons. The molecule has 2 rings (SSSR count). The van der Waals surface area contributed by atoms with Gasteiger partial charge in [0, 0.05) is 0 Å². The van der Waals surface area contributed by atoms with Gasteiger partial charge in [0.2, 0.25) is 0 Å². The van der Waals surface area contributed by atoms with Crippen LogP contribution in [0.15, 0.2) is 22.6 Å². The number of aliphatic carboxylic acids is 2. The maximum Gasteiger partial charge on any atom is 0.326 e. The highest BCUT2D eigenvalue weighted by atomic mass is 16.4. The van der Waals surface area contributed by atoms with Crippen LogP contribution in [0.1, 0.15) is 12.0 Å². The molecule has 0 aliphatic rings. The molecule has 1 heterocycles. The van der Waals surface area contributed by atoms with Gasteiger partial charge in [-0.25, -0.2) is 4.79 Å². The predicted octanol–water partition coefficient (Wildman–Crippen LogP) is 1.48. The van der Waals surface area contributed by atoms with Crippen LogP contribution in [0.2, 0.25) is 0 Å². The highest BCUT2D eigenvalue weighted by Crippen LogP contribution is 2.22. The van der Waals surface area contributed by atoms with Crippen LogP contribution in [0.5, 0.6) is 0 Å². The average molecular weight is 264 g/mol. The summed E-state index contributed by atoms with van der Waals surface area (Å²) in [6, 6.07) is 4.08. The first-order valence-electron chi connectivity index (χ1n) is 5.54. The first-order chi connectivity index (χ1) is 8.97. The average Bonchev–Trinajstić information content (AvgIpc) is 2.71. The molecular formula is C12H12N2O5. The molecule has 0 saturated heterocycles. The smallest absolute Gasteiger partial charge is 0.326 e. The number of para-hydroxylation sites is 1. The first-order valence-corrected chi connectivity index (χ1v) is 5.54. The van der Waals surface area contributed by atoms with Crippen molar-refractivity contribution >= 4 is 29.1 Å². The van der Waals surface area contributed by atoms with E-state index >= 15 is 0 Å². The lowest BCUT2D eigenvalue weighted by Crippen LogP contribution is -2.31. The van der Waals surface area contributed by atoms with Gasteiger partial charge in [-0.05, 0) is 18.6 Å². The van der Waals surface area contributed by atoms with Gasteiger partial charge >= 0.3 is 11.9 Å². The van der Waals surface area contributed by atoms with Crippen molar-refractivity contribution in [2.24, 2.45) is 0 Å². The van der Waals surface area contributed by atoms with Gasteiger partial charge in [-0.15, -0.1) is 0 Å². The molecule has 0 fully saturated rings. The number of nitrogens with zero attached hydrogens (tertiary/aromatic N) is 1. The van der Waals surface area contributed by atoms with Gasteiger partial charge in [-0.3, -0.25) is 4.79 Å². The summed E-state index contributed by atoms with van der Waals surface area (Å²) in [7, 11) is 0. The fraction of sp³-hybridized carbons (Fsp3) is 0.250. The number of rotatable bonds is 5. The number of fused-ring (bicyclic) bond motifs is 1. The normalized spacial score (nSPS) is 12.3. The molecule has 0 unspecified atom stereocenters. The van der Waals surface area contributed by atoms with Gasteiger partial charge in [0.25, 0.3) is 6.01 Å². The molecular weight excluding hydrogens is 252 g/mol. The lowest BCUT2D eigenvalue weighted by atomic mass is 10.2. The molecule has 7 heteroatoms. The van der Waals surface area contributed by atoms with E-state index in [0.717, 1.165) is 5.56 Å². The van der Waals surface area contributed by atoms with Crippen molar-refractivity contribution in [3.63, 3.8) is 0 Å². The maximum absolute atomic E-state index is 10.9. The number of carboxylic acid groups (broad SMARTS) is 2. The summed E-state index contributed by atoms with van der Waals surface area (Å²) in [5.74, 6) is -2.49. The molecule has 2 aromatic rings. The zero-order valence-corrected chi connectivity index (χ0v) is 10.1. The molecule has 1 aromatic heterocycles. The highest BCUT2D eigenvalue weighted by Gasteiger charge is 2.23. The Kier molecular flexibility index (Phi) is 3.37. The van der Waals surface area contributed by atoms with Crippen LogP contribution >= 0.6 is 0 Å². The number of benzene rings is 1. The Morgan fingerprint density at radius 1 is 1.42 bits per heavy atom. The fourth-order valence-corrected chi connectivity index (χ4v) is 1.67. The van der Waals surface area contributed by atoms with E-state index in [9.17, 15) is 9.59 Å². The van der Waals surface area contributed by atoms with E-state index in [1.54, 1.807) is 12.1 Å². The quantitative estimate of drug-likeness (QED) is 0.749. The van der Waals surface area contributed by atoms with Crippen molar-refractivity contribution in [1.82, 2.24) is 4.98 Å². The van der Waals surface area contributed by atoms with Crippen LogP contribution in [-0.4, -0.2) is 33.2 Å². The topological polar surface area (TPSA) is 113 Å². The summed E-state index contributed by atoms with van der Waals surface area (Å²) in [6.07, 6.45) is -0.562. The van der Waals surface area contributed by atoms with Crippen molar-refractivity contribution in [3.8, 4) is 0 Å². The van der Waals surface area contributed by atoms with Crippen molar-refractivity contribution in [2.45, 2.75) is 19.4 Å². The number of oxazole rings is 1. The number of aryl methyl sites for hydroxylation is 1. The lowest BCUT2D eigenvalue weighted by Gasteiger charge is -2.09. The molecule has 0 bridgehead atoms. The Bertz CT molecular complexity index is 634. The Labute approximate surface area is 107 Å². The Morgan fingerprint density at radius 3 is 2.74 bits per heavy atom. The van der Waals surface area contributed by atoms with Crippen LogP contribution in [0, 0.1) is 6.92 Å². The molecule has 0 amide bonds. The van der Waals surface area contributed by atoms with Gasteiger partial charge in [0.1, 0.15) is 11.6 Å². The molecule has 19 heavy (non-hydrogen) atoms. The fourth-order valence-electron chi connectivity index (χ4n) is 1.67. The number of carboxylic acids is 2. The van der Waals surface area contributed by atoms with E-state index in [1.807, 2.05) is 13.0 Å². The minimum absolute atomic E-state index is 0.00190. The summed E-state index contributed by atoms with van der Waals surface area (Å²) in [4.78, 5) is 25.6. The summed E-state index contributed by atoms with van der Waals surface area (Å²) in [5.41, 5.74) is 1.99. The van der Waals surface area contributed by atoms with Crippen molar-refractivity contribution in [1.29, 1.82) is 0 Å². The van der Waals surface area contributed by atoms with Crippen molar-refractivity contribution in [2.75, 3.05) is 5.32 Å². The number of hydrogen-bond donors (Lipinski definition) is 3. The van der Waals surface area contributed by atoms with Gasteiger partial charge in [0.05, 0.1) is 6.42 Å². The number of aromatic nitrogens is 1. The Morgan fingerprint density at radius 2 is 2.16 bits per heavy atom. The summed E-state index contributed by atoms with van der Waals surface area (Å²) >= 11 is 0. The third-order valence-corrected chi connectivity index (χ3v) is 2.59. The number of carbonyl (C=O) groups is 2. The third-order valence-electron chi connectivity index (χ3n) is 2.59. The summed E-state index contributed by atoms with van der Waals surface area (Å²) in [6.45, 7) is 1.84. The zero-order valence-electron chi connectivity index (χ0n) is 10.1. The largest absolute Gasteiger partial charge is 0.481 e. The van der Waals surface area contributed by atoms with E-state index in [1.165, 1.54) is 0 Å². The van der Waals surface area contributed by atoms with E-state index in [4.69, 9.17) is 14.6 Å². The molecule has 0 aliphatic heterocycles. The van der Waals surface area contributed by atoms with Gasteiger partial charge in [-0.2, -0.15) is 4.98 Å². The van der Waals surface area contributed by atoms with Gasteiger partial charge in [0.15, 0.2) is 5.58 Å². The zero-order chi connectivity index (χ0) is 14.0. The second-order valence-electron chi connectivity index (χ2n) is 4.08. The van der Waals surface area contributed by atoms with Crippen LogP contribution in [-0.2, 0) is 9.59 Å². The lowest BCUT2D eigenvalue weighted by molar-refractivity contribution is -0.144. The number of nitrogens with one attached hydrogen (secondary N) is 1. The summed E-state index contributed by atoms with van der Waals surface area (Å²) < 4.78 is 5.38. The molecule has 1 aromatic carbocycles. The van der Waals surface area contributed by atoms with Crippen LogP contribution in [0.25, 0.3) is 11.1 Å². The monoisotopic (exact) mass is 264 g/mol. The third kappa shape index (κ3) is 2.82. The minimum atomic E-state index is -1.29. The molecule has 0 radical (unpaired) electrons.